The Morgan fingerprint density at radius 2 is 1.95 bits per heavy atom. The number of hydrogen-bond donors (Lipinski definition) is 1. The molecule has 2 aliphatic carbocycles. The van der Waals surface area contributed by atoms with Crippen molar-refractivity contribution in [2.45, 2.75) is 73.0 Å². The van der Waals surface area contributed by atoms with Crippen LogP contribution in [-0.2, 0) is 9.53 Å². The van der Waals surface area contributed by atoms with Crippen LogP contribution >= 0.6 is 0 Å². The molecular weight excluding hydrogens is 250 g/mol. The molecule has 3 nitrogen and oxygen atoms in total. The average Bonchev–Trinajstić information content (AvgIpc) is 2.68. The van der Waals surface area contributed by atoms with Gasteiger partial charge in [0.2, 0.25) is 5.91 Å². The number of hydrogen-bond acceptors (Lipinski definition) is 2. The van der Waals surface area contributed by atoms with Crippen LogP contribution in [0.1, 0.15) is 60.8 Å². The van der Waals surface area contributed by atoms with Gasteiger partial charge in [-0.05, 0) is 48.9 Å². The minimum Gasteiger partial charge on any atom is -0.368 e. The normalized spacial score (nSPS) is 36.4. The second kappa shape index (κ2) is 5.32. The second-order valence-electron chi connectivity index (χ2n) is 8.04. The topological polar surface area (TPSA) is 38.3 Å². The van der Waals surface area contributed by atoms with Gasteiger partial charge in [0, 0.05) is 12.6 Å². The fourth-order valence-electron chi connectivity index (χ4n) is 4.12. The molecule has 0 radical (unpaired) electrons. The van der Waals surface area contributed by atoms with Crippen LogP contribution in [-0.4, -0.2) is 24.7 Å². The number of carbonyl (C=O) groups is 1. The Morgan fingerprint density at radius 3 is 2.40 bits per heavy atom. The lowest BCUT2D eigenvalue weighted by molar-refractivity contribution is -0.134. The quantitative estimate of drug-likeness (QED) is 0.839. The standard InChI is InChI=1S/C17H31NO2/c1-11(2)10-20-12(3)15(19)18-14-9-13-7-8-17(14,6)16(13,4)5/h11-14H,7-10H2,1-6H3,(H,18,19)/t12-,13+,14-,17+/m0/s1. The highest BCUT2D eigenvalue weighted by Gasteiger charge is 2.61. The van der Waals surface area contributed by atoms with Crippen molar-refractivity contribution in [3.63, 3.8) is 0 Å². The smallest absolute Gasteiger partial charge is 0.249 e. The van der Waals surface area contributed by atoms with Crippen molar-refractivity contribution in [3.05, 3.63) is 0 Å². The van der Waals surface area contributed by atoms with Gasteiger partial charge in [-0.3, -0.25) is 4.79 Å². The predicted molar refractivity (Wildman–Crippen MR) is 81.4 cm³/mol. The Labute approximate surface area is 123 Å². The van der Waals surface area contributed by atoms with Gasteiger partial charge in [-0.1, -0.05) is 34.6 Å². The van der Waals surface area contributed by atoms with Crippen LogP contribution in [0.3, 0.4) is 0 Å². The van der Waals surface area contributed by atoms with E-state index in [-0.39, 0.29) is 17.4 Å². The molecule has 2 saturated carbocycles. The summed E-state index contributed by atoms with van der Waals surface area (Å²) in [5.41, 5.74) is 0.581. The Bertz CT molecular complexity index is 377. The minimum absolute atomic E-state index is 0.0558. The molecular formula is C17H31NO2. The van der Waals surface area contributed by atoms with Crippen molar-refractivity contribution >= 4 is 5.91 Å². The molecule has 0 saturated heterocycles. The lowest BCUT2D eigenvalue weighted by Crippen LogP contribution is -2.49. The molecule has 0 spiro atoms. The molecule has 0 aromatic carbocycles. The van der Waals surface area contributed by atoms with Gasteiger partial charge < -0.3 is 10.1 Å². The van der Waals surface area contributed by atoms with Crippen LogP contribution in [0.5, 0.6) is 0 Å². The van der Waals surface area contributed by atoms with Crippen molar-refractivity contribution in [3.8, 4) is 0 Å². The monoisotopic (exact) mass is 281 g/mol. The molecule has 2 rings (SSSR count). The highest BCUT2D eigenvalue weighted by molar-refractivity contribution is 5.80. The Balaban J connectivity index is 1.93. The van der Waals surface area contributed by atoms with E-state index in [0.29, 0.717) is 24.0 Å². The largest absolute Gasteiger partial charge is 0.368 e. The van der Waals surface area contributed by atoms with Crippen LogP contribution in [0.4, 0.5) is 0 Å². The van der Waals surface area contributed by atoms with E-state index in [1.54, 1.807) is 0 Å². The third kappa shape index (κ3) is 2.49. The summed E-state index contributed by atoms with van der Waals surface area (Å²) in [5.74, 6) is 1.27. The number of nitrogens with one attached hydrogen (secondary N) is 1. The molecule has 0 aliphatic heterocycles. The number of ether oxygens (including phenoxy) is 1. The predicted octanol–water partition coefficient (Wildman–Crippen LogP) is 3.38. The minimum atomic E-state index is -0.344. The van der Waals surface area contributed by atoms with Gasteiger partial charge in [0.05, 0.1) is 0 Å². The molecule has 2 fully saturated rings. The zero-order valence-corrected chi connectivity index (χ0v) is 14.0. The maximum Gasteiger partial charge on any atom is 0.249 e. The lowest BCUT2D eigenvalue weighted by atomic mass is 9.69. The molecule has 0 unspecified atom stereocenters. The summed E-state index contributed by atoms with van der Waals surface area (Å²) in [4.78, 5) is 12.3. The number of carbonyl (C=O) groups excluding carboxylic acids is 1. The maximum atomic E-state index is 12.3. The fraction of sp³-hybridized carbons (Fsp3) is 0.941. The molecule has 2 bridgehead atoms. The molecule has 1 amide bonds. The van der Waals surface area contributed by atoms with Gasteiger partial charge in [0.25, 0.3) is 0 Å². The number of amides is 1. The van der Waals surface area contributed by atoms with Gasteiger partial charge in [-0.15, -0.1) is 0 Å². The summed E-state index contributed by atoms with van der Waals surface area (Å²) in [5, 5.41) is 3.27. The molecule has 116 valence electrons. The Kier molecular flexibility index (Phi) is 4.21. The lowest BCUT2D eigenvalue weighted by Gasteiger charge is -2.39. The third-order valence-electron chi connectivity index (χ3n) is 6.16. The first kappa shape index (κ1) is 15.8. The number of fused-ring (bicyclic) bond motifs is 2. The van der Waals surface area contributed by atoms with Crippen LogP contribution in [0.25, 0.3) is 0 Å². The first-order valence-corrected chi connectivity index (χ1v) is 8.10. The summed E-state index contributed by atoms with van der Waals surface area (Å²) in [6.45, 7) is 13.8. The molecule has 2 aliphatic rings. The summed E-state index contributed by atoms with van der Waals surface area (Å²) < 4.78 is 5.63. The van der Waals surface area contributed by atoms with E-state index in [9.17, 15) is 4.79 Å². The summed E-state index contributed by atoms with van der Waals surface area (Å²) >= 11 is 0. The summed E-state index contributed by atoms with van der Waals surface area (Å²) in [6.07, 6.45) is 3.33. The van der Waals surface area contributed by atoms with Gasteiger partial charge in [-0.2, -0.15) is 0 Å². The fourth-order valence-corrected chi connectivity index (χ4v) is 4.12. The highest BCUT2D eigenvalue weighted by atomic mass is 16.5. The molecule has 20 heavy (non-hydrogen) atoms. The van der Waals surface area contributed by atoms with Gasteiger partial charge in [0.15, 0.2) is 0 Å². The van der Waals surface area contributed by atoms with Crippen LogP contribution in [0.15, 0.2) is 0 Å². The van der Waals surface area contributed by atoms with Crippen molar-refractivity contribution < 1.29 is 9.53 Å². The SMILES string of the molecule is CC(C)CO[C@@H](C)C(=O)N[C@H]1C[C@H]2CC[C@@]1(C)C2(C)C. The van der Waals surface area contributed by atoms with Crippen molar-refractivity contribution in [1.29, 1.82) is 0 Å². The Morgan fingerprint density at radius 1 is 1.30 bits per heavy atom. The number of rotatable bonds is 5. The van der Waals surface area contributed by atoms with E-state index in [0.717, 1.165) is 12.3 Å². The second-order valence-corrected chi connectivity index (χ2v) is 8.04. The van der Waals surface area contributed by atoms with E-state index >= 15 is 0 Å². The van der Waals surface area contributed by atoms with Gasteiger partial charge in [-0.25, -0.2) is 0 Å². The van der Waals surface area contributed by atoms with E-state index < -0.39 is 0 Å². The van der Waals surface area contributed by atoms with E-state index in [2.05, 4.69) is 39.9 Å². The van der Waals surface area contributed by atoms with Crippen molar-refractivity contribution in [2.75, 3.05) is 6.61 Å². The Hall–Kier alpha value is -0.570. The average molecular weight is 281 g/mol. The van der Waals surface area contributed by atoms with E-state index in [1.807, 2.05) is 6.92 Å². The first-order valence-electron chi connectivity index (χ1n) is 8.10. The van der Waals surface area contributed by atoms with E-state index in [1.165, 1.54) is 12.8 Å². The molecule has 0 aromatic heterocycles. The molecule has 1 N–H and O–H groups in total. The van der Waals surface area contributed by atoms with Crippen molar-refractivity contribution in [2.24, 2.45) is 22.7 Å². The summed E-state index contributed by atoms with van der Waals surface area (Å²) in [7, 11) is 0. The molecule has 0 heterocycles. The van der Waals surface area contributed by atoms with Crippen LogP contribution < -0.4 is 5.32 Å². The third-order valence-corrected chi connectivity index (χ3v) is 6.16. The summed E-state index contributed by atoms with van der Waals surface area (Å²) in [6, 6.07) is 0.314. The van der Waals surface area contributed by atoms with Gasteiger partial charge in [0.1, 0.15) is 6.10 Å². The molecule has 4 atom stereocenters. The molecule has 3 heteroatoms. The highest BCUT2D eigenvalue weighted by Crippen LogP contribution is 2.65. The van der Waals surface area contributed by atoms with E-state index in [4.69, 9.17) is 4.74 Å². The maximum absolute atomic E-state index is 12.3. The van der Waals surface area contributed by atoms with Crippen molar-refractivity contribution in [1.82, 2.24) is 5.32 Å². The van der Waals surface area contributed by atoms with Crippen LogP contribution in [0, 0.1) is 22.7 Å². The zero-order chi connectivity index (χ0) is 15.1. The van der Waals surface area contributed by atoms with Gasteiger partial charge >= 0.3 is 0 Å². The molecule has 0 aromatic rings. The first-order chi connectivity index (χ1) is 9.18. The zero-order valence-electron chi connectivity index (χ0n) is 14.0. The van der Waals surface area contributed by atoms with Crippen LogP contribution in [0.2, 0.25) is 0 Å².